The van der Waals surface area contributed by atoms with E-state index in [4.69, 9.17) is 0 Å². The van der Waals surface area contributed by atoms with Gasteiger partial charge in [0.1, 0.15) is 5.54 Å². The number of rotatable bonds is 0. The number of carbonyl (C=O) groups excluding carboxylic acids is 2. The Labute approximate surface area is 70.3 Å². The fraction of sp³-hybridized carbons (Fsp3) is 0.750. The van der Waals surface area contributed by atoms with E-state index >= 15 is 0 Å². The second-order valence-corrected chi connectivity index (χ2v) is 3.57. The van der Waals surface area contributed by atoms with E-state index in [2.05, 4.69) is 10.1 Å². The molecule has 2 fully saturated rings. The molecule has 1 aliphatic heterocycles. The number of hydrogen-bond donors (Lipinski definition) is 1. The molecule has 1 saturated carbocycles. The predicted molar refractivity (Wildman–Crippen MR) is 40.4 cm³/mol. The molecule has 0 aromatic carbocycles. The molecule has 2 aliphatic rings. The number of ether oxygens (including phenoxy) is 1. The Morgan fingerprint density at radius 2 is 2.33 bits per heavy atom. The van der Waals surface area contributed by atoms with E-state index in [0.717, 1.165) is 19.3 Å². The zero-order valence-electron chi connectivity index (χ0n) is 6.92. The molecule has 12 heavy (non-hydrogen) atoms. The third-order valence-electron chi connectivity index (χ3n) is 2.92. The van der Waals surface area contributed by atoms with Crippen molar-refractivity contribution in [3.8, 4) is 0 Å². The normalized spacial score (nSPS) is 40.2. The Bertz CT molecular complexity index is 251. The Morgan fingerprint density at radius 3 is 2.75 bits per heavy atom. The molecule has 1 amide bonds. The van der Waals surface area contributed by atoms with E-state index in [1.807, 2.05) is 6.92 Å². The van der Waals surface area contributed by atoms with Gasteiger partial charge in [0.05, 0.1) is 0 Å². The Kier molecular flexibility index (Phi) is 1.40. The van der Waals surface area contributed by atoms with Crippen LogP contribution >= 0.6 is 0 Å². The summed E-state index contributed by atoms with van der Waals surface area (Å²) in [5.74, 6) is -0.186. The molecule has 1 saturated heterocycles. The third-order valence-corrected chi connectivity index (χ3v) is 2.92. The zero-order valence-corrected chi connectivity index (χ0v) is 6.92. The van der Waals surface area contributed by atoms with E-state index < -0.39 is 17.6 Å². The molecule has 1 N–H and O–H groups in total. The van der Waals surface area contributed by atoms with Crippen molar-refractivity contribution in [3.05, 3.63) is 0 Å². The molecule has 4 nitrogen and oxygen atoms in total. The van der Waals surface area contributed by atoms with Crippen LogP contribution in [0, 0.1) is 5.92 Å². The van der Waals surface area contributed by atoms with E-state index in [1.165, 1.54) is 0 Å². The van der Waals surface area contributed by atoms with E-state index in [1.54, 1.807) is 0 Å². The summed E-state index contributed by atoms with van der Waals surface area (Å²) < 4.78 is 4.48. The van der Waals surface area contributed by atoms with Crippen LogP contribution in [0.1, 0.15) is 26.2 Å². The van der Waals surface area contributed by atoms with Crippen molar-refractivity contribution in [3.63, 3.8) is 0 Å². The molecule has 0 radical (unpaired) electrons. The van der Waals surface area contributed by atoms with Crippen molar-refractivity contribution in [1.82, 2.24) is 5.32 Å². The van der Waals surface area contributed by atoms with Crippen LogP contribution in [0.2, 0.25) is 0 Å². The first kappa shape index (κ1) is 7.58. The van der Waals surface area contributed by atoms with Crippen molar-refractivity contribution >= 4 is 12.1 Å². The zero-order chi connectivity index (χ0) is 8.77. The Morgan fingerprint density at radius 1 is 1.58 bits per heavy atom. The van der Waals surface area contributed by atoms with E-state index in [9.17, 15) is 9.59 Å². The van der Waals surface area contributed by atoms with Crippen LogP contribution in [-0.4, -0.2) is 17.6 Å². The Hall–Kier alpha value is -1.06. The van der Waals surface area contributed by atoms with Gasteiger partial charge in [-0.2, -0.15) is 0 Å². The number of esters is 1. The number of hydrogen-bond acceptors (Lipinski definition) is 3. The molecule has 0 bridgehead atoms. The summed E-state index contributed by atoms with van der Waals surface area (Å²) in [5.41, 5.74) is -0.683. The van der Waals surface area contributed by atoms with Crippen molar-refractivity contribution in [2.75, 3.05) is 0 Å². The lowest BCUT2D eigenvalue weighted by Crippen LogP contribution is -2.48. The highest BCUT2D eigenvalue weighted by Crippen LogP contribution is 2.38. The van der Waals surface area contributed by atoms with Crippen molar-refractivity contribution in [2.24, 2.45) is 5.92 Å². The lowest BCUT2D eigenvalue weighted by atomic mass is 9.89. The van der Waals surface area contributed by atoms with Crippen molar-refractivity contribution in [2.45, 2.75) is 31.7 Å². The third kappa shape index (κ3) is 0.777. The lowest BCUT2D eigenvalue weighted by Gasteiger charge is -2.22. The summed E-state index contributed by atoms with van der Waals surface area (Å²) in [7, 11) is 0. The van der Waals surface area contributed by atoms with Gasteiger partial charge in [-0.25, -0.2) is 9.59 Å². The number of carbonyl (C=O) groups is 2. The topological polar surface area (TPSA) is 55.4 Å². The SMILES string of the molecule is C[C@@H]1CCC[C@@]12NC(=O)OC2=O. The van der Waals surface area contributed by atoms with Crippen LogP contribution < -0.4 is 5.32 Å². The highest BCUT2D eigenvalue weighted by molar-refractivity contribution is 5.99. The first-order valence-corrected chi connectivity index (χ1v) is 4.19. The van der Waals surface area contributed by atoms with Gasteiger partial charge in [-0.05, 0) is 18.8 Å². The molecule has 0 aromatic rings. The van der Waals surface area contributed by atoms with Gasteiger partial charge in [-0.3, -0.25) is 0 Å². The van der Waals surface area contributed by atoms with Gasteiger partial charge in [0, 0.05) is 0 Å². The predicted octanol–water partition coefficient (Wildman–Crippen LogP) is 0.812. The summed E-state index contributed by atoms with van der Waals surface area (Å²) in [6.45, 7) is 1.97. The quantitative estimate of drug-likeness (QED) is 0.431. The summed E-state index contributed by atoms with van der Waals surface area (Å²) in [6.07, 6.45) is 2.10. The number of nitrogens with one attached hydrogen (secondary N) is 1. The molecule has 1 heterocycles. The average molecular weight is 169 g/mol. The van der Waals surface area contributed by atoms with Crippen LogP contribution in [0.3, 0.4) is 0 Å². The molecular weight excluding hydrogens is 158 g/mol. The van der Waals surface area contributed by atoms with Gasteiger partial charge in [0.25, 0.3) is 0 Å². The monoisotopic (exact) mass is 169 g/mol. The molecular formula is C8H11NO3. The fourth-order valence-electron chi connectivity index (χ4n) is 2.10. The molecule has 4 heteroatoms. The molecule has 2 atom stereocenters. The fourth-order valence-corrected chi connectivity index (χ4v) is 2.10. The van der Waals surface area contributed by atoms with Crippen molar-refractivity contribution < 1.29 is 14.3 Å². The van der Waals surface area contributed by atoms with Crippen LogP contribution in [0.15, 0.2) is 0 Å². The van der Waals surface area contributed by atoms with E-state index in [-0.39, 0.29) is 5.92 Å². The van der Waals surface area contributed by atoms with Crippen LogP contribution in [0.5, 0.6) is 0 Å². The molecule has 66 valence electrons. The summed E-state index contributed by atoms with van der Waals surface area (Å²) in [5, 5.41) is 2.62. The molecule has 2 rings (SSSR count). The summed E-state index contributed by atoms with van der Waals surface area (Å²) in [4.78, 5) is 22.1. The highest BCUT2D eigenvalue weighted by atomic mass is 16.6. The maximum Gasteiger partial charge on any atom is 0.415 e. The van der Waals surface area contributed by atoms with Crippen LogP contribution in [0.25, 0.3) is 0 Å². The van der Waals surface area contributed by atoms with Gasteiger partial charge in [-0.15, -0.1) is 0 Å². The lowest BCUT2D eigenvalue weighted by molar-refractivity contribution is -0.140. The van der Waals surface area contributed by atoms with Crippen LogP contribution in [-0.2, 0) is 9.53 Å². The second kappa shape index (κ2) is 2.21. The van der Waals surface area contributed by atoms with Gasteiger partial charge in [-0.1, -0.05) is 13.3 Å². The maximum atomic E-state index is 11.3. The molecule has 0 aromatic heterocycles. The molecule has 0 unspecified atom stereocenters. The van der Waals surface area contributed by atoms with Crippen LogP contribution in [0.4, 0.5) is 4.79 Å². The Balaban J connectivity index is 2.31. The minimum Gasteiger partial charge on any atom is -0.374 e. The van der Waals surface area contributed by atoms with Crippen molar-refractivity contribution in [1.29, 1.82) is 0 Å². The minimum atomic E-state index is -0.683. The summed E-state index contributed by atoms with van der Waals surface area (Å²) in [6, 6.07) is 0. The average Bonchev–Trinajstić information content (AvgIpc) is 2.44. The minimum absolute atomic E-state index is 0.205. The van der Waals surface area contributed by atoms with Gasteiger partial charge >= 0.3 is 12.1 Å². The smallest absolute Gasteiger partial charge is 0.374 e. The highest BCUT2D eigenvalue weighted by Gasteiger charge is 2.54. The number of alkyl carbamates (subject to hydrolysis) is 1. The van der Waals surface area contributed by atoms with Gasteiger partial charge in [0.15, 0.2) is 0 Å². The number of amides is 1. The first-order valence-electron chi connectivity index (χ1n) is 4.19. The summed E-state index contributed by atoms with van der Waals surface area (Å²) >= 11 is 0. The second-order valence-electron chi connectivity index (χ2n) is 3.57. The molecule has 1 spiro atoms. The number of cyclic esters (lactones) is 2. The van der Waals surface area contributed by atoms with Gasteiger partial charge < -0.3 is 10.1 Å². The first-order chi connectivity index (χ1) is 5.65. The maximum absolute atomic E-state index is 11.3. The van der Waals surface area contributed by atoms with E-state index in [0.29, 0.717) is 0 Å². The molecule has 1 aliphatic carbocycles. The standard InChI is InChI=1S/C8H11NO3/c1-5-3-2-4-8(5)6(10)12-7(11)9-8/h5H,2-4H2,1H3,(H,9,11)/t5-,8-/m1/s1. The van der Waals surface area contributed by atoms with Gasteiger partial charge in [0.2, 0.25) is 0 Å². The largest absolute Gasteiger partial charge is 0.415 e.